The molecule has 0 radical (unpaired) electrons. The molecule has 0 spiro atoms. The van der Waals surface area contributed by atoms with E-state index < -0.39 is 0 Å². The van der Waals surface area contributed by atoms with Crippen molar-refractivity contribution in [3.05, 3.63) is 30.5 Å². The lowest BCUT2D eigenvalue weighted by Crippen LogP contribution is -2.41. The molecule has 134 valence electrons. The summed E-state index contributed by atoms with van der Waals surface area (Å²) >= 11 is 0. The highest BCUT2D eigenvalue weighted by molar-refractivity contribution is 5.76. The number of carbonyl (C=O) groups is 1. The van der Waals surface area contributed by atoms with Crippen molar-refractivity contribution in [1.29, 1.82) is 0 Å². The molecule has 25 heavy (non-hydrogen) atoms. The van der Waals surface area contributed by atoms with Crippen LogP contribution in [0.1, 0.15) is 45.7 Å². The number of H-pyrrole nitrogens is 1. The van der Waals surface area contributed by atoms with Gasteiger partial charge in [0.15, 0.2) is 5.82 Å². The minimum atomic E-state index is 0.0389. The second-order valence-electron chi connectivity index (χ2n) is 8.12. The fraction of sp³-hybridized carbons (Fsp3) is 0.579. The lowest BCUT2D eigenvalue weighted by Gasteiger charge is -2.34. The number of aromatic amines is 1. The van der Waals surface area contributed by atoms with Crippen LogP contribution in [0.2, 0.25) is 0 Å². The Morgan fingerprint density at radius 2 is 2.12 bits per heavy atom. The second-order valence-corrected chi connectivity index (χ2v) is 8.12. The first kappa shape index (κ1) is 17.6. The number of nitrogens with zero attached hydrogens (tertiary/aromatic N) is 4. The molecule has 1 aliphatic rings. The van der Waals surface area contributed by atoms with E-state index in [0.717, 1.165) is 49.6 Å². The van der Waals surface area contributed by atoms with Gasteiger partial charge in [-0.3, -0.25) is 9.78 Å². The largest absolute Gasteiger partial charge is 0.343 e. The van der Waals surface area contributed by atoms with E-state index in [4.69, 9.17) is 0 Å². The minimum Gasteiger partial charge on any atom is -0.343 e. The summed E-state index contributed by atoms with van der Waals surface area (Å²) in [5.41, 5.74) is 1.77. The third-order valence-electron chi connectivity index (χ3n) is 4.50. The Hall–Kier alpha value is -2.24. The monoisotopic (exact) mass is 341 g/mol. The molecular weight excluding hydrogens is 314 g/mol. The first-order chi connectivity index (χ1) is 11.9. The van der Waals surface area contributed by atoms with Gasteiger partial charge in [0.05, 0.1) is 11.9 Å². The number of aromatic nitrogens is 4. The molecule has 0 aromatic carbocycles. The molecular formula is C19H27N5O. The van der Waals surface area contributed by atoms with E-state index in [2.05, 4.69) is 40.7 Å². The van der Waals surface area contributed by atoms with E-state index >= 15 is 0 Å². The molecule has 0 bridgehead atoms. The topological polar surface area (TPSA) is 74.8 Å². The van der Waals surface area contributed by atoms with Crippen molar-refractivity contribution in [2.75, 3.05) is 13.1 Å². The summed E-state index contributed by atoms with van der Waals surface area (Å²) in [6, 6.07) is 0. The van der Waals surface area contributed by atoms with Crippen molar-refractivity contribution < 1.29 is 4.79 Å². The molecule has 1 aliphatic heterocycles. The Kier molecular flexibility index (Phi) is 5.16. The number of amides is 1. The Morgan fingerprint density at radius 1 is 1.28 bits per heavy atom. The average Bonchev–Trinajstić information content (AvgIpc) is 3.09. The summed E-state index contributed by atoms with van der Waals surface area (Å²) in [6.07, 6.45) is 10.8. The van der Waals surface area contributed by atoms with Crippen LogP contribution in [0.5, 0.6) is 0 Å². The van der Waals surface area contributed by atoms with Gasteiger partial charge < -0.3 is 9.88 Å². The summed E-state index contributed by atoms with van der Waals surface area (Å²) in [7, 11) is 0. The number of piperidine rings is 1. The van der Waals surface area contributed by atoms with Crippen LogP contribution in [0.15, 0.2) is 24.8 Å². The molecule has 1 fully saturated rings. The Morgan fingerprint density at radius 3 is 2.76 bits per heavy atom. The molecule has 6 nitrogen and oxygen atoms in total. The molecule has 0 saturated carbocycles. The van der Waals surface area contributed by atoms with Crippen LogP contribution in [-0.2, 0) is 11.2 Å². The van der Waals surface area contributed by atoms with E-state index in [-0.39, 0.29) is 11.3 Å². The van der Waals surface area contributed by atoms with Crippen molar-refractivity contribution in [3.63, 3.8) is 0 Å². The van der Waals surface area contributed by atoms with E-state index in [9.17, 15) is 4.79 Å². The zero-order valence-electron chi connectivity index (χ0n) is 15.3. The van der Waals surface area contributed by atoms with Gasteiger partial charge in [-0.1, -0.05) is 20.8 Å². The van der Waals surface area contributed by atoms with Gasteiger partial charge in [0.2, 0.25) is 5.91 Å². The number of likely N-dealkylation sites (tertiary alicyclic amines) is 1. The predicted octanol–water partition coefficient (Wildman–Crippen LogP) is 3.08. The summed E-state index contributed by atoms with van der Waals surface area (Å²) in [5.74, 6) is 1.47. The van der Waals surface area contributed by atoms with E-state index in [0.29, 0.717) is 12.3 Å². The number of nitrogens with one attached hydrogen (secondary N) is 1. The van der Waals surface area contributed by atoms with Gasteiger partial charge in [-0.05, 0) is 30.6 Å². The number of hydrogen-bond donors (Lipinski definition) is 1. The second kappa shape index (κ2) is 7.33. The van der Waals surface area contributed by atoms with E-state index in [1.165, 1.54) is 0 Å². The number of imidazole rings is 1. The third-order valence-corrected chi connectivity index (χ3v) is 4.50. The summed E-state index contributed by atoms with van der Waals surface area (Å²) in [4.78, 5) is 30.7. The highest BCUT2D eigenvalue weighted by atomic mass is 16.2. The average molecular weight is 341 g/mol. The normalized spacial score (nSPS) is 18.4. The number of hydrogen-bond acceptors (Lipinski definition) is 4. The maximum absolute atomic E-state index is 12.5. The van der Waals surface area contributed by atoms with Crippen LogP contribution >= 0.6 is 0 Å². The lowest BCUT2D eigenvalue weighted by atomic mass is 9.89. The van der Waals surface area contributed by atoms with Gasteiger partial charge >= 0.3 is 0 Å². The van der Waals surface area contributed by atoms with Gasteiger partial charge in [-0.15, -0.1) is 0 Å². The van der Waals surface area contributed by atoms with Gasteiger partial charge in [-0.2, -0.15) is 0 Å². The highest BCUT2D eigenvalue weighted by Gasteiger charge is 2.26. The standard InChI is InChI=1S/C19H27N5O/c1-19(2,3)10-17(25)24-8-4-5-14(13-24)9-15-11-23-16(12-22-15)18-20-6-7-21-18/h6-7,11-12,14H,4-5,8-10,13H2,1-3H3,(H,20,21)/t14-/m1/s1. The van der Waals surface area contributed by atoms with Crippen molar-refractivity contribution in [2.45, 2.75) is 46.5 Å². The van der Waals surface area contributed by atoms with Crippen molar-refractivity contribution in [2.24, 2.45) is 11.3 Å². The van der Waals surface area contributed by atoms with Crippen LogP contribution in [0.3, 0.4) is 0 Å². The SMILES string of the molecule is CC(C)(C)CC(=O)N1CCC[C@H](Cc2cnc(-c3ncc[nH]3)cn2)C1. The Balaban J connectivity index is 1.58. The van der Waals surface area contributed by atoms with Gasteiger partial charge in [0, 0.05) is 38.1 Å². The molecule has 1 atom stereocenters. The first-order valence-electron chi connectivity index (χ1n) is 8.99. The quantitative estimate of drug-likeness (QED) is 0.927. The van der Waals surface area contributed by atoms with Crippen LogP contribution in [0, 0.1) is 11.3 Å². The van der Waals surface area contributed by atoms with Crippen LogP contribution in [0.25, 0.3) is 11.5 Å². The molecule has 3 rings (SSSR count). The number of rotatable bonds is 4. The number of carbonyl (C=O) groups excluding carboxylic acids is 1. The van der Waals surface area contributed by atoms with Gasteiger partial charge in [0.1, 0.15) is 5.69 Å². The fourth-order valence-electron chi connectivity index (χ4n) is 3.31. The summed E-state index contributed by atoms with van der Waals surface area (Å²) in [5, 5.41) is 0. The Labute approximate surface area is 149 Å². The zero-order valence-corrected chi connectivity index (χ0v) is 15.3. The van der Waals surface area contributed by atoms with Crippen molar-refractivity contribution in [1.82, 2.24) is 24.8 Å². The highest BCUT2D eigenvalue weighted by Crippen LogP contribution is 2.25. The van der Waals surface area contributed by atoms with Gasteiger partial charge in [0.25, 0.3) is 0 Å². The van der Waals surface area contributed by atoms with Crippen molar-refractivity contribution >= 4 is 5.91 Å². The summed E-state index contributed by atoms with van der Waals surface area (Å²) in [6.45, 7) is 8.05. The lowest BCUT2D eigenvalue weighted by molar-refractivity contribution is -0.134. The molecule has 2 aromatic heterocycles. The third kappa shape index (κ3) is 4.87. The zero-order chi connectivity index (χ0) is 17.9. The van der Waals surface area contributed by atoms with E-state index in [1.54, 1.807) is 18.6 Å². The predicted molar refractivity (Wildman–Crippen MR) is 96.7 cm³/mol. The molecule has 6 heteroatoms. The minimum absolute atomic E-state index is 0.0389. The molecule has 3 heterocycles. The molecule has 0 unspecified atom stereocenters. The first-order valence-corrected chi connectivity index (χ1v) is 8.99. The molecule has 1 saturated heterocycles. The van der Waals surface area contributed by atoms with Crippen LogP contribution in [-0.4, -0.2) is 43.8 Å². The smallest absolute Gasteiger partial charge is 0.223 e. The van der Waals surface area contributed by atoms with Crippen LogP contribution in [0.4, 0.5) is 0 Å². The van der Waals surface area contributed by atoms with Crippen LogP contribution < -0.4 is 0 Å². The summed E-state index contributed by atoms with van der Waals surface area (Å²) < 4.78 is 0. The van der Waals surface area contributed by atoms with E-state index in [1.807, 2.05) is 11.1 Å². The maximum atomic E-state index is 12.5. The van der Waals surface area contributed by atoms with Gasteiger partial charge in [-0.25, -0.2) is 9.97 Å². The molecule has 1 amide bonds. The maximum Gasteiger partial charge on any atom is 0.223 e. The Bertz CT molecular complexity index is 688. The fourth-order valence-corrected chi connectivity index (χ4v) is 3.31. The molecule has 0 aliphatic carbocycles. The molecule has 1 N–H and O–H groups in total. The van der Waals surface area contributed by atoms with Crippen molar-refractivity contribution in [3.8, 4) is 11.5 Å². The molecule has 2 aromatic rings.